The van der Waals surface area contributed by atoms with Crippen molar-refractivity contribution in [3.8, 4) is 0 Å². The second kappa shape index (κ2) is 4.92. The zero-order chi connectivity index (χ0) is 4.12. The first-order valence-corrected chi connectivity index (χ1v) is 3.93. The van der Waals surface area contributed by atoms with E-state index in [-0.39, 0.29) is 0 Å². The van der Waals surface area contributed by atoms with Gasteiger partial charge in [-0.15, -0.1) is 0 Å². The van der Waals surface area contributed by atoms with Gasteiger partial charge in [-0.3, -0.25) is 0 Å². The summed E-state index contributed by atoms with van der Waals surface area (Å²) >= 11 is 1.34. The van der Waals surface area contributed by atoms with Crippen LogP contribution in [0, 0.1) is 0 Å². The van der Waals surface area contributed by atoms with Crippen LogP contribution in [0.1, 0.15) is 0 Å². The molecule has 0 amide bonds. The zero-order valence-electron chi connectivity index (χ0n) is 2.76. The van der Waals surface area contributed by atoms with Crippen LogP contribution in [-0.2, 0) is 0 Å². The molecule has 0 N–H and O–H groups in total. The van der Waals surface area contributed by atoms with E-state index >= 15 is 0 Å². The Morgan fingerprint density at radius 2 is 2.20 bits per heavy atom. The molecular weight excluding hydrogens is 276 g/mol. The average Bonchev–Trinajstić information content (AvgIpc) is 1.41. The van der Waals surface area contributed by atoms with Crippen LogP contribution in [0.25, 0.3) is 0 Å². The Labute approximate surface area is 49.2 Å². The van der Waals surface area contributed by atoms with Crippen molar-refractivity contribution in [3.05, 3.63) is 11.9 Å². The van der Waals surface area contributed by atoms with E-state index in [9.17, 15) is 0 Å². The first-order valence-electron chi connectivity index (χ1n) is 1.26. The van der Waals surface area contributed by atoms with Gasteiger partial charge < -0.3 is 0 Å². The Hall–Kier alpha value is 0.923. The summed E-state index contributed by atoms with van der Waals surface area (Å²) in [5.74, 6) is 1.94. The minimum absolute atomic E-state index is 1.34. The maximum absolute atomic E-state index is 2.51. The Kier molecular flexibility index (Phi) is 5.83. The Balaban J connectivity index is 2.92. The first kappa shape index (κ1) is 5.92. The maximum atomic E-state index is 2.51. The fourth-order valence-electron chi connectivity index (χ4n) is 0.0497. The molecule has 1 unspecified atom stereocenters. The van der Waals surface area contributed by atoms with Gasteiger partial charge in [-0.05, 0) is 0 Å². The molecule has 0 aliphatic rings. The number of hydrogen-bond donors (Lipinski definition) is 0. The topological polar surface area (TPSA) is 0 Å². The third-order valence-electron chi connectivity index (χ3n) is 0.197. The van der Waals surface area contributed by atoms with Gasteiger partial charge in [0.05, 0.1) is 0 Å². The number of rotatable bonds is 1. The van der Waals surface area contributed by atoms with E-state index in [4.69, 9.17) is 0 Å². The molecule has 2 heteroatoms. The second-order valence-electron chi connectivity index (χ2n) is 0.534. The predicted octanol–water partition coefficient (Wildman–Crippen LogP) is 0.346. The SMILES string of the molecule is PC=C[CH]=[Bi]. The molecule has 1 atom stereocenters. The van der Waals surface area contributed by atoms with Crippen molar-refractivity contribution in [1.82, 2.24) is 0 Å². The van der Waals surface area contributed by atoms with Crippen LogP contribution in [0.15, 0.2) is 11.9 Å². The molecule has 0 aromatic carbocycles. The number of allylic oxidation sites excluding steroid dienone is 1. The summed E-state index contributed by atoms with van der Waals surface area (Å²) in [5, 5.41) is 0. The van der Waals surface area contributed by atoms with Gasteiger partial charge in [0.25, 0.3) is 0 Å². The molecule has 0 bridgehead atoms. The number of hydrogen-bond acceptors (Lipinski definition) is 0. The van der Waals surface area contributed by atoms with Crippen molar-refractivity contribution >= 4 is 37.2 Å². The van der Waals surface area contributed by atoms with E-state index in [0.717, 1.165) is 0 Å². The summed E-state index contributed by atoms with van der Waals surface area (Å²) in [6.45, 7) is 0. The quantitative estimate of drug-likeness (QED) is 0.480. The molecular formula is C3H5BiP. The Morgan fingerprint density at radius 1 is 1.60 bits per heavy atom. The molecule has 0 nitrogen and oxygen atoms in total. The summed E-state index contributed by atoms with van der Waals surface area (Å²) in [6.07, 6.45) is 2.01. The standard InChI is InChI=1S/C3H5P.Bi/c1-2-3-4;/h1-3H,4H2;. The van der Waals surface area contributed by atoms with Crippen molar-refractivity contribution in [2.24, 2.45) is 0 Å². The molecule has 27 valence electrons. The van der Waals surface area contributed by atoms with Crippen LogP contribution in [0.2, 0.25) is 0 Å². The molecule has 0 aromatic rings. The van der Waals surface area contributed by atoms with Gasteiger partial charge in [-0.1, -0.05) is 0 Å². The van der Waals surface area contributed by atoms with Gasteiger partial charge in [0.2, 0.25) is 0 Å². The third kappa shape index (κ3) is 4.92. The van der Waals surface area contributed by atoms with Crippen molar-refractivity contribution in [2.75, 3.05) is 0 Å². The van der Waals surface area contributed by atoms with Crippen LogP contribution in [0.3, 0.4) is 0 Å². The van der Waals surface area contributed by atoms with Crippen LogP contribution in [0.4, 0.5) is 0 Å². The van der Waals surface area contributed by atoms with Gasteiger partial charge in [-0.2, -0.15) is 0 Å². The van der Waals surface area contributed by atoms with Crippen LogP contribution >= 0.6 is 9.24 Å². The van der Waals surface area contributed by atoms with E-state index in [0.29, 0.717) is 0 Å². The summed E-state index contributed by atoms with van der Waals surface area (Å²) in [5.41, 5.74) is 0. The summed E-state index contributed by atoms with van der Waals surface area (Å²) < 4.78 is 2.09. The third-order valence-corrected chi connectivity index (χ3v) is 1.09. The molecule has 0 rings (SSSR count). The normalized spacial score (nSPS) is 9.00. The van der Waals surface area contributed by atoms with Gasteiger partial charge in [0.15, 0.2) is 0 Å². The van der Waals surface area contributed by atoms with E-state index in [1.807, 2.05) is 11.9 Å². The average molecular weight is 281 g/mol. The summed E-state index contributed by atoms with van der Waals surface area (Å²) in [6, 6.07) is 0. The van der Waals surface area contributed by atoms with Crippen molar-refractivity contribution in [2.45, 2.75) is 0 Å². The monoisotopic (exact) mass is 281 g/mol. The minimum atomic E-state index is 1.34. The molecule has 0 spiro atoms. The van der Waals surface area contributed by atoms with E-state index < -0.39 is 0 Å². The molecule has 0 aliphatic carbocycles. The second-order valence-corrected chi connectivity index (χ2v) is 2.08. The summed E-state index contributed by atoms with van der Waals surface area (Å²) in [4.78, 5) is 0. The van der Waals surface area contributed by atoms with Crippen molar-refractivity contribution in [3.63, 3.8) is 0 Å². The predicted molar refractivity (Wildman–Crippen MR) is 30.7 cm³/mol. The molecule has 0 aliphatic heterocycles. The van der Waals surface area contributed by atoms with Gasteiger partial charge in [-0.25, -0.2) is 0 Å². The van der Waals surface area contributed by atoms with Crippen LogP contribution in [0.5, 0.6) is 0 Å². The fourth-order valence-corrected chi connectivity index (χ4v) is 1.31. The molecule has 5 heavy (non-hydrogen) atoms. The summed E-state index contributed by atoms with van der Waals surface area (Å²) in [7, 11) is 2.51. The van der Waals surface area contributed by atoms with Crippen molar-refractivity contribution in [1.29, 1.82) is 0 Å². The zero-order valence-corrected chi connectivity index (χ0v) is 7.39. The van der Waals surface area contributed by atoms with Crippen LogP contribution in [-0.4, -0.2) is 27.9 Å². The Bertz CT molecular complexity index is 48.9. The molecule has 0 fully saturated rings. The van der Waals surface area contributed by atoms with Crippen LogP contribution < -0.4 is 0 Å². The first-order chi connectivity index (χ1) is 2.41. The van der Waals surface area contributed by atoms with Gasteiger partial charge in [0.1, 0.15) is 0 Å². The molecule has 0 saturated carbocycles. The van der Waals surface area contributed by atoms with Gasteiger partial charge >= 0.3 is 49.1 Å². The molecule has 1 radical (unpaired) electrons. The van der Waals surface area contributed by atoms with E-state index in [1.54, 1.807) is 0 Å². The van der Waals surface area contributed by atoms with Crippen molar-refractivity contribution < 1.29 is 0 Å². The fraction of sp³-hybridized carbons (Fsp3) is 0. The Morgan fingerprint density at radius 3 is 2.20 bits per heavy atom. The van der Waals surface area contributed by atoms with E-state index in [1.165, 1.54) is 24.2 Å². The molecule has 0 saturated heterocycles. The molecule has 0 aromatic heterocycles. The molecule has 0 heterocycles. The van der Waals surface area contributed by atoms with Gasteiger partial charge in [0, 0.05) is 0 Å². The van der Waals surface area contributed by atoms with E-state index in [2.05, 4.69) is 12.9 Å².